The van der Waals surface area contributed by atoms with Gasteiger partial charge >= 0.3 is 6.16 Å². The third kappa shape index (κ3) is 3.17. The van der Waals surface area contributed by atoms with E-state index in [1.807, 2.05) is 0 Å². The summed E-state index contributed by atoms with van der Waals surface area (Å²) < 4.78 is 4.00. The Morgan fingerprint density at radius 3 is 2.50 bits per heavy atom. The van der Waals surface area contributed by atoms with Gasteiger partial charge in [-0.15, -0.1) is 0 Å². The smallest absolute Gasteiger partial charge is 0.436 e. The van der Waals surface area contributed by atoms with Crippen LogP contribution in [0.15, 0.2) is 5.16 Å². The number of oxime groups is 1. The van der Waals surface area contributed by atoms with Crippen LogP contribution in [0.4, 0.5) is 4.79 Å². The number of hydrogen-bond donors (Lipinski definition) is 1. The van der Waals surface area contributed by atoms with E-state index >= 15 is 0 Å². The Bertz CT molecular complexity index is 264. The Morgan fingerprint density at radius 1 is 1.58 bits per heavy atom. The van der Waals surface area contributed by atoms with Gasteiger partial charge in [-0.1, -0.05) is 5.16 Å². The normalized spacial score (nSPS) is 9.83. The van der Waals surface area contributed by atoms with E-state index < -0.39 is 17.8 Å². The second-order valence-electron chi connectivity index (χ2n) is 1.46. The van der Waals surface area contributed by atoms with Crippen molar-refractivity contribution in [1.29, 1.82) is 5.26 Å². The molecule has 0 bridgehead atoms. The lowest BCUT2D eigenvalue weighted by Crippen LogP contribution is -2.22. The predicted octanol–water partition coefficient (Wildman–Crippen LogP) is -0.866. The first-order valence-corrected chi connectivity index (χ1v) is 2.64. The highest BCUT2D eigenvalue weighted by molar-refractivity contribution is 6.44. The minimum absolute atomic E-state index is 0.708. The molecule has 0 heterocycles. The number of ether oxygens (including phenoxy) is 1. The molecule has 12 heavy (non-hydrogen) atoms. The fourth-order valence-corrected chi connectivity index (χ4v) is 0.241. The summed E-state index contributed by atoms with van der Waals surface area (Å²) in [4.78, 5) is 24.4. The molecule has 0 atom stereocenters. The lowest BCUT2D eigenvalue weighted by molar-refractivity contribution is -0.112. The fourth-order valence-electron chi connectivity index (χ4n) is 0.241. The topological polar surface area (TPSA) is 115 Å². The van der Waals surface area contributed by atoms with Crippen molar-refractivity contribution in [2.24, 2.45) is 10.9 Å². The standard InChI is InChI=1S/C5H5N3O4/c1-11-5(10)12-8-3(2-6)4(7)9/h1H3,(H2,7,9). The number of carbonyl (C=O) groups excluding carboxylic acids is 2. The number of nitrogens with two attached hydrogens (primary N) is 1. The second kappa shape index (κ2) is 4.68. The van der Waals surface area contributed by atoms with Crippen LogP contribution in [0.3, 0.4) is 0 Å². The molecule has 0 rings (SSSR count). The van der Waals surface area contributed by atoms with Crippen molar-refractivity contribution < 1.29 is 19.2 Å². The van der Waals surface area contributed by atoms with E-state index in [2.05, 4.69) is 20.5 Å². The molecule has 64 valence electrons. The quantitative estimate of drug-likeness (QED) is 0.251. The minimum Gasteiger partial charge on any atom is -0.436 e. The third-order valence-corrected chi connectivity index (χ3v) is 0.717. The molecule has 0 aromatic rings. The van der Waals surface area contributed by atoms with Gasteiger partial charge in [-0.3, -0.25) is 9.63 Å². The first-order chi connectivity index (χ1) is 5.61. The monoisotopic (exact) mass is 171 g/mol. The number of amides is 1. The lowest BCUT2D eigenvalue weighted by Gasteiger charge is -1.92. The molecule has 0 unspecified atom stereocenters. The highest BCUT2D eigenvalue weighted by Crippen LogP contribution is 1.84. The van der Waals surface area contributed by atoms with E-state index in [9.17, 15) is 9.59 Å². The Kier molecular flexibility index (Phi) is 3.86. The van der Waals surface area contributed by atoms with Crippen molar-refractivity contribution in [2.45, 2.75) is 0 Å². The zero-order valence-electron chi connectivity index (χ0n) is 6.10. The number of nitrogens with zero attached hydrogens (tertiary/aromatic N) is 2. The molecule has 7 nitrogen and oxygen atoms in total. The van der Waals surface area contributed by atoms with E-state index in [1.54, 1.807) is 0 Å². The van der Waals surface area contributed by atoms with Crippen molar-refractivity contribution in [3.8, 4) is 6.07 Å². The summed E-state index contributed by atoms with van der Waals surface area (Å²) in [6.07, 6.45) is -1.14. The lowest BCUT2D eigenvalue weighted by atomic mass is 10.4. The molecule has 0 saturated heterocycles. The minimum atomic E-state index is -1.14. The van der Waals surface area contributed by atoms with Gasteiger partial charge in [-0.05, 0) is 0 Å². The third-order valence-electron chi connectivity index (χ3n) is 0.717. The van der Waals surface area contributed by atoms with Crippen molar-refractivity contribution in [3.05, 3.63) is 0 Å². The average molecular weight is 171 g/mol. The summed E-state index contributed by atoms with van der Waals surface area (Å²) in [6, 6.07) is 1.32. The molecule has 0 radical (unpaired) electrons. The summed E-state index contributed by atoms with van der Waals surface area (Å²) in [6.45, 7) is 0. The van der Waals surface area contributed by atoms with Crippen LogP contribution in [-0.4, -0.2) is 24.9 Å². The van der Waals surface area contributed by atoms with Crippen LogP contribution in [0.2, 0.25) is 0 Å². The largest absolute Gasteiger partial charge is 0.534 e. The molecule has 0 aromatic carbocycles. The van der Waals surface area contributed by atoms with Gasteiger partial charge in [-0.2, -0.15) is 5.26 Å². The molecule has 0 spiro atoms. The summed E-state index contributed by atoms with van der Waals surface area (Å²) in [5, 5.41) is 11.0. The predicted molar refractivity (Wildman–Crippen MR) is 35.7 cm³/mol. The molecule has 0 saturated carbocycles. The first-order valence-electron chi connectivity index (χ1n) is 2.64. The summed E-state index contributed by atoms with van der Waals surface area (Å²) in [5.41, 5.74) is 3.94. The van der Waals surface area contributed by atoms with Crippen LogP contribution in [0.25, 0.3) is 0 Å². The molecule has 1 amide bonds. The molecule has 0 aliphatic heterocycles. The first kappa shape index (κ1) is 9.90. The summed E-state index contributed by atoms with van der Waals surface area (Å²) >= 11 is 0. The Balaban J connectivity index is 4.25. The van der Waals surface area contributed by atoms with Crippen molar-refractivity contribution in [1.82, 2.24) is 0 Å². The number of carbonyl (C=O) groups is 2. The molecule has 2 N–H and O–H groups in total. The maximum atomic E-state index is 10.3. The number of hydrogen-bond acceptors (Lipinski definition) is 6. The van der Waals surface area contributed by atoms with E-state index in [4.69, 9.17) is 5.26 Å². The highest BCUT2D eigenvalue weighted by Gasteiger charge is 2.07. The highest BCUT2D eigenvalue weighted by atomic mass is 16.8. The second-order valence-corrected chi connectivity index (χ2v) is 1.46. The molecular weight excluding hydrogens is 166 g/mol. The van der Waals surface area contributed by atoms with Crippen LogP contribution in [0, 0.1) is 11.3 Å². The number of rotatable bonds is 2. The van der Waals surface area contributed by atoms with E-state index in [0.29, 0.717) is 0 Å². The molecule has 7 heteroatoms. The molecular formula is C5H5N3O4. The van der Waals surface area contributed by atoms with E-state index in [0.717, 1.165) is 7.11 Å². The van der Waals surface area contributed by atoms with Crippen LogP contribution >= 0.6 is 0 Å². The molecule has 0 fully saturated rings. The number of nitriles is 1. The van der Waals surface area contributed by atoms with Crippen LogP contribution in [0.5, 0.6) is 0 Å². The van der Waals surface area contributed by atoms with Crippen molar-refractivity contribution >= 4 is 17.8 Å². The van der Waals surface area contributed by atoms with Gasteiger partial charge in [0.1, 0.15) is 6.07 Å². The van der Waals surface area contributed by atoms with Gasteiger partial charge in [0.25, 0.3) is 5.91 Å². The number of methoxy groups -OCH3 is 1. The maximum absolute atomic E-state index is 10.3. The molecule has 0 aliphatic carbocycles. The average Bonchev–Trinajstić information content (AvgIpc) is 2.04. The Morgan fingerprint density at radius 2 is 2.17 bits per heavy atom. The van der Waals surface area contributed by atoms with Gasteiger partial charge in [-0.25, -0.2) is 4.79 Å². The van der Waals surface area contributed by atoms with E-state index in [1.165, 1.54) is 6.07 Å². The van der Waals surface area contributed by atoms with Crippen LogP contribution < -0.4 is 5.73 Å². The van der Waals surface area contributed by atoms with E-state index in [-0.39, 0.29) is 0 Å². The van der Waals surface area contributed by atoms with Gasteiger partial charge in [0.15, 0.2) is 0 Å². The maximum Gasteiger partial charge on any atom is 0.534 e. The Labute approximate surface area is 67.3 Å². The zero-order valence-corrected chi connectivity index (χ0v) is 6.10. The van der Waals surface area contributed by atoms with Gasteiger partial charge < -0.3 is 10.5 Å². The van der Waals surface area contributed by atoms with Gasteiger partial charge in [0.2, 0.25) is 5.71 Å². The van der Waals surface area contributed by atoms with Gasteiger partial charge in [0, 0.05) is 0 Å². The van der Waals surface area contributed by atoms with Crippen molar-refractivity contribution in [3.63, 3.8) is 0 Å². The fraction of sp³-hybridized carbons (Fsp3) is 0.200. The van der Waals surface area contributed by atoms with Crippen LogP contribution in [-0.2, 0) is 14.4 Å². The molecule has 0 aliphatic rings. The summed E-state index contributed by atoms with van der Waals surface area (Å²) in [7, 11) is 1.05. The van der Waals surface area contributed by atoms with Gasteiger partial charge in [0.05, 0.1) is 7.11 Å². The number of primary amides is 1. The Hall–Kier alpha value is -2.10. The SMILES string of the molecule is COC(=O)ON=C(C#N)C(N)=O. The van der Waals surface area contributed by atoms with Crippen molar-refractivity contribution in [2.75, 3.05) is 7.11 Å². The molecule has 0 aromatic heterocycles. The van der Waals surface area contributed by atoms with Crippen LogP contribution in [0.1, 0.15) is 0 Å². The summed E-state index contributed by atoms with van der Waals surface area (Å²) in [5.74, 6) is -1.08. The zero-order chi connectivity index (χ0) is 9.56.